The molecule has 1 atom stereocenters. The van der Waals surface area contributed by atoms with Crippen LogP contribution in [0.4, 0.5) is 17.1 Å². The predicted octanol–water partition coefficient (Wildman–Crippen LogP) is 1.70. The van der Waals surface area contributed by atoms with E-state index in [9.17, 15) is 4.57 Å². The lowest BCUT2D eigenvalue weighted by molar-refractivity contribution is 0.362. The van der Waals surface area contributed by atoms with Crippen molar-refractivity contribution >= 4 is 24.7 Å². The Hall–Kier alpha value is -1.03. The van der Waals surface area contributed by atoms with Gasteiger partial charge in [-0.2, -0.15) is 0 Å². The van der Waals surface area contributed by atoms with E-state index < -0.39 is 13.4 Å². The number of nitrogens with one attached hydrogen (secondary N) is 1. The van der Waals surface area contributed by atoms with Crippen LogP contribution in [-0.4, -0.2) is 22.1 Å². The van der Waals surface area contributed by atoms with Crippen LogP contribution in [-0.2, 0) is 4.57 Å². The van der Waals surface area contributed by atoms with E-state index >= 15 is 0 Å². The summed E-state index contributed by atoms with van der Waals surface area (Å²) in [7, 11) is -4.05. The van der Waals surface area contributed by atoms with Crippen LogP contribution in [0.2, 0.25) is 0 Å². The summed E-state index contributed by atoms with van der Waals surface area (Å²) in [6.45, 7) is 0.358. The molecule has 0 saturated carbocycles. The van der Waals surface area contributed by atoms with Gasteiger partial charge in [-0.15, -0.1) is 0 Å². The van der Waals surface area contributed by atoms with Crippen molar-refractivity contribution in [3.63, 3.8) is 0 Å². The van der Waals surface area contributed by atoms with Crippen LogP contribution in [0.15, 0.2) is 18.2 Å². The normalized spacial score (nSPS) is 21.2. The average Bonchev–Trinajstić information content (AvgIpc) is 2.80. The molecule has 0 aliphatic carbocycles. The molecule has 6 heteroatoms. The highest BCUT2D eigenvalue weighted by atomic mass is 31.2. The van der Waals surface area contributed by atoms with Gasteiger partial charge in [-0.3, -0.25) is 4.57 Å². The van der Waals surface area contributed by atoms with Gasteiger partial charge in [-0.25, -0.2) is 0 Å². The lowest BCUT2D eigenvalue weighted by atomic mass is 10.3. The fraction of sp³-hybridized carbons (Fsp3) is 0.333. The average molecular weight is 228 g/mol. The largest absolute Gasteiger partial charge is 0.368 e. The maximum Gasteiger partial charge on any atom is 0.349 e. The second-order valence-corrected chi connectivity index (χ2v) is 5.33. The molecule has 0 aromatic heterocycles. The maximum absolute atomic E-state index is 11.1. The summed E-state index contributed by atoms with van der Waals surface area (Å²) in [4.78, 5) is 20.0. The smallest absolute Gasteiger partial charge is 0.349 e. The van der Waals surface area contributed by atoms with E-state index in [1.54, 1.807) is 0 Å². The van der Waals surface area contributed by atoms with Crippen molar-refractivity contribution in [1.29, 1.82) is 0 Å². The highest BCUT2D eigenvalue weighted by Crippen LogP contribution is 2.58. The molecule has 2 heterocycles. The van der Waals surface area contributed by atoms with Gasteiger partial charge in [-0.05, 0) is 12.1 Å². The molecule has 2 aliphatic rings. The minimum absolute atomic E-state index is 0. The molecule has 1 aromatic rings. The van der Waals surface area contributed by atoms with E-state index in [2.05, 4.69) is 5.32 Å². The molecular formula is C9H13N2O3P. The summed E-state index contributed by atoms with van der Waals surface area (Å²) in [6.07, 6.45) is 0. The molecule has 0 radical (unpaired) electrons. The standard InChI is InChI=1S/C8H9N2O3P.CH4/c11-14(12,13)7-4-10-6-3-1-2-5(9-7)8(6)10;/h1-3,7,9H,4H2,(H2,11,12,13);1H4. The fourth-order valence-corrected chi connectivity index (χ4v) is 2.56. The monoisotopic (exact) mass is 228 g/mol. The van der Waals surface area contributed by atoms with Gasteiger partial charge in [0.25, 0.3) is 0 Å². The second-order valence-electron chi connectivity index (χ2n) is 3.53. The van der Waals surface area contributed by atoms with Gasteiger partial charge in [-0.1, -0.05) is 13.5 Å². The molecule has 0 bridgehead atoms. The van der Waals surface area contributed by atoms with Crippen molar-refractivity contribution in [3.05, 3.63) is 18.2 Å². The highest BCUT2D eigenvalue weighted by molar-refractivity contribution is 7.52. The van der Waals surface area contributed by atoms with Crippen molar-refractivity contribution in [2.24, 2.45) is 0 Å². The number of hydrogen-bond donors (Lipinski definition) is 3. The molecule has 3 N–H and O–H groups in total. The fourth-order valence-electron chi connectivity index (χ4n) is 1.87. The van der Waals surface area contributed by atoms with E-state index in [4.69, 9.17) is 9.79 Å². The Bertz CT molecular complexity index is 457. The molecule has 1 unspecified atom stereocenters. The first-order valence-corrected chi connectivity index (χ1v) is 5.98. The Morgan fingerprint density at radius 1 is 1.47 bits per heavy atom. The Labute approximate surface area is 87.9 Å². The van der Waals surface area contributed by atoms with Gasteiger partial charge in [0.2, 0.25) is 0 Å². The van der Waals surface area contributed by atoms with Crippen molar-refractivity contribution in [1.82, 2.24) is 0 Å². The van der Waals surface area contributed by atoms with Crippen molar-refractivity contribution in [2.75, 3.05) is 16.8 Å². The molecular weight excluding hydrogens is 215 g/mol. The van der Waals surface area contributed by atoms with Gasteiger partial charge in [0.1, 0.15) is 5.78 Å². The zero-order valence-corrected chi connectivity index (χ0v) is 8.11. The minimum Gasteiger partial charge on any atom is -0.368 e. The molecule has 0 fully saturated rings. The second kappa shape index (κ2) is 2.98. The summed E-state index contributed by atoms with van der Waals surface area (Å²) >= 11 is 0. The number of anilines is 3. The zero-order chi connectivity index (χ0) is 9.92. The van der Waals surface area contributed by atoms with Gasteiger partial charge >= 0.3 is 7.60 Å². The van der Waals surface area contributed by atoms with Crippen LogP contribution < -0.4 is 10.2 Å². The third-order valence-electron chi connectivity index (χ3n) is 2.61. The predicted molar refractivity (Wildman–Crippen MR) is 59.6 cm³/mol. The molecule has 0 amide bonds. The van der Waals surface area contributed by atoms with Gasteiger partial charge < -0.3 is 20.0 Å². The minimum atomic E-state index is -4.05. The van der Waals surface area contributed by atoms with E-state index in [0.29, 0.717) is 6.54 Å². The summed E-state index contributed by atoms with van der Waals surface area (Å²) in [5, 5.41) is 2.86. The zero-order valence-electron chi connectivity index (χ0n) is 7.21. The van der Waals surface area contributed by atoms with Crippen molar-refractivity contribution in [3.8, 4) is 0 Å². The lowest BCUT2D eigenvalue weighted by Crippen LogP contribution is -2.31. The van der Waals surface area contributed by atoms with Gasteiger partial charge in [0.05, 0.1) is 23.6 Å². The number of benzene rings is 1. The number of nitrogens with zero attached hydrogens (tertiary/aromatic N) is 1. The first-order valence-electron chi connectivity index (χ1n) is 4.30. The summed E-state index contributed by atoms with van der Waals surface area (Å²) in [6, 6.07) is 5.66. The number of rotatable bonds is 1. The number of fused-ring (bicyclic) bond motifs is 1. The van der Waals surface area contributed by atoms with Crippen LogP contribution in [0.1, 0.15) is 7.43 Å². The topological polar surface area (TPSA) is 72.6 Å². The molecule has 1 aromatic carbocycles. The van der Waals surface area contributed by atoms with Crippen LogP contribution in [0.5, 0.6) is 0 Å². The van der Waals surface area contributed by atoms with Crippen LogP contribution >= 0.6 is 7.60 Å². The summed E-state index contributed by atoms with van der Waals surface area (Å²) in [5.74, 6) is -0.782. The van der Waals surface area contributed by atoms with E-state index in [0.717, 1.165) is 17.1 Å². The molecule has 5 nitrogen and oxygen atoms in total. The SMILES string of the molecule is C.O=P(O)(O)C1CN2c3cccc(c32)N1. The molecule has 0 spiro atoms. The highest BCUT2D eigenvalue weighted by Gasteiger charge is 2.43. The molecule has 2 aliphatic heterocycles. The first-order chi connectivity index (χ1) is 6.57. The summed E-state index contributed by atoms with van der Waals surface area (Å²) in [5.41, 5.74) is 2.98. The lowest BCUT2D eigenvalue weighted by Gasteiger charge is -2.25. The third kappa shape index (κ3) is 1.44. The molecule has 3 rings (SSSR count). The van der Waals surface area contributed by atoms with E-state index in [1.165, 1.54) is 0 Å². The quantitative estimate of drug-likeness (QED) is 0.504. The van der Waals surface area contributed by atoms with Crippen molar-refractivity contribution < 1.29 is 14.4 Å². The maximum atomic E-state index is 11.1. The Morgan fingerprint density at radius 2 is 2.20 bits per heavy atom. The molecule has 15 heavy (non-hydrogen) atoms. The third-order valence-corrected chi connectivity index (χ3v) is 3.71. The molecule has 0 saturated heterocycles. The first kappa shape index (κ1) is 10.5. The molecule has 82 valence electrons. The van der Waals surface area contributed by atoms with Gasteiger partial charge in [0, 0.05) is 0 Å². The van der Waals surface area contributed by atoms with Crippen LogP contribution in [0.3, 0.4) is 0 Å². The Morgan fingerprint density at radius 3 is 2.87 bits per heavy atom. The number of para-hydroxylation sites is 1. The van der Waals surface area contributed by atoms with Crippen LogP contribution in [0, 0.1) is 0 Å². The van der Waals surface area contributed by atoms with Gasteiger partial charge in [0.15, 0.2) is 0 Å². The van der Waals surface area contributed by atoms with Crippen molar-refractivity contribution in [2.45, 2.75) is 13.2 Å². The van der Waals surface area contributed by atoms with Crippen LogP contribution in [0.25, 0.3) is 0 Å². The Balaban J connectivity index is 0.000000853. The summed E-state index contributed by atoms with van der Waals surface area (Å²) < 4.78 is 11.1. The number of hydrogen-bond acceptors (Lipinski definition) is 3. The Kier molecular flexibility index (Phi) is 2.08. The van der Waals surface area contributed by atoms with E-state index in [1.807, 2.05) is 23.1 Å². The van der Waals surface area contributed by atoms with E-state index in [-0.39, 0.29) is 7.43 Å².